The Kier molecular flexibility index (Phi) is 6.46. The number of esters is 1. The normalized spacial score (nSPS) is 45.1. The molecule has 5 nitrogen and oxygen atoms in total. The van der Waals surface area contributed by atoms with Gasteiger partial charge in [0.25, 0.3) is 0 Å². The minimum atomic E-state index is -1.97. The molecule has 0 amide bonds. The van der Waals surface area contributed by atoms with Gasteiger partial charge < -0.3 is 9.84 Å². The average Bonchev–Trinajstić information content (AvgIpc) is 3.00. The quantitative estimate of drug-likeness (QED) is 0.545. The number of hydrogen-bond donors (Lipinski definition) is 1. The van der Waals surface area contributed by atoms with Gasteiger partial charge in [0, 0.05) is 29.1 Å². The number of aliphatic hydroxyl groups is 1. The molecule has 0 radical (unpaired) electrons. The summed E-state index contributed by atoms with van der Waals surface area (Å²) in [6.07, 6.45) is 4.98. The second-order valence-corrected chi connectivity index (χ2v) is 12.3. The number of allylic oxidation sites excluding steroid dienone is 4. The summed E-state index contributed by atoms with van der Waals surface area (Å²) in [4.78, 5) is 38.5. The van der Waals surface area contributed by atoms with Crippen LogP contribution in [0.1, 0.15) is 66.7 Å². The highest BCUT2D eigenvalue weighted by Gasteiger charge is 2.77. The summed E-state index contributed by atoms with van der Waals surface area (Å²) in [6, 6.07) is 0. The molecule has 7 heteroatoms. The number of ketones is 2. The number of hydrogen-bond acceptors (Lipinski definition) is 6. The van der Waals surface area contributed by atoms with Gasteiger partial charge in [0.15, 0.2) is 22.8 Å². The van der Waals surface area contributed by atoms with E-state index in [9.17, 15) is 19.5 Å². The van der Waals surface area contributed by atoms with Crippen molar-refractivity contribution in [3.05, 3.63) is 23.8 Å². The number of thioether (sulfide) groups is 1. The Morgan fingerprint density at radius 3 is 2.62 bits per heavy atom. The second-order valence-electron chi connectivity index (χ2n) is 11.0. The molecule has 0 bridgehead atoms. The number of Topliss-reactive ketones (excluding diaryl/α,β-unsaturated/α-hetero) is 1. The van der Waals surface area contributed by atoms with Crippen molar-refractivity contribution in [3.63, 3.8) is 0 Å². The van der Waals surface area contributed by atoms with Gasteiger partial charge in [-0.2, -0.15) is 11.8 Å². The third-order valence-corrected chi connectivity index (χ3v) is 10.5. The highest BCUT2D eigenvalue weighted by atomic mass is 32.2. The first-order valence-electron chi connectivity index (χ1n) is 12.6. The number of alkyl halides is 1. The summed E-state index contributed by atoms with van der Waals surface area (Å²) in [6.45, 7) is 9.32. The predicted molar refractivity (Wildman–Crippen MR) is 130 cm³/mol. The van der Waals surface area contributed by atoms with E-state index < -0.39 is 40.1 Å². The molecule has 0 aromatic carbocycles. The molecule has 0 aliphatic heterocycles. The van der Waals surface area contributed by atoms with E-state index in [4.69, 9.17) is 4.74 Å². The second kappa shape index (κ2) is 8.58. The minimum Gasteiger partial charge on any atom is -0.450 e. The minimum absolute atomic E-state index is 0.0270. The Morgan fingerprint density at radius 2 is 1.97 bits per heavy atom. The maximum atomic E-state index is 17.3. The molecule has 188 valence electrons. The number of fused-ring (bicyclic) bond motifs is 5. The van der Waals surface area contributed by atoms with E-state index in [0.29, 0.717) is 19.3 Å². The van der Waals surface area contributed by atoms with Gasteiger partial charge in [-0.15, -0.1) is 0 Å². The van der Waals surface area contributed by atoms with E-state index in [2.05, 4.69) is 0 Å². The largest absolute Gasteiger partial charge is 0.450 e. The lowest BCUT2D eigenvalue weighted by Crippen LogP contribution is -2.70. The molecule has 0 spiro atoms. The number of aliphatic hydroxyl groups excluding tert-OH is 1. The monoisotopic (exact) mass is 492 g/mol. The molecule has 0 unspecified atom stereocenters. The van der Waals surface area contributed by atoms with E-state index in [1.54, 1.807) is 19.9 Å². The van der Waals surface area contributed by atoms with Gasteiger partial charge in [-0.25, -0.2) is 4.39 Å². The molecule has 3 fully saturated rings. The van der Waals surface area contributed by atoms with Crippen molar-refractivity contribution in [1.29, 1.82) is 0 Å². The molecule has 3 saturated carbocycles. The molecule has 0 aromatic rings. The lowest BCUT2D eigenvalue weighted by atomic mass is 9.44. The Bertz CT molecular complexity index is 961. The van der Waals surface area contributed by atoms with Crippen LogP contribution in [0.2, 0.25) is 0 Å². The van der Waals surface area contributed by atoms with Crippen LogP contribution < -0.4 is 0 Å². The summed E-state index contributed by atoms with van der Waals surface area (Å²) >= 11 is 1.49. The molecule has 1 N–H and O–H groups in total. The van der Waals surface area contributed by atoms with Gasteiger partial charge in [0.1, 0.15) is 0 Å². The molecule has 0 heterocycles. The zero-order valence-corrected chi connectivity index (χ0v) is 21.7. The van der Waals surface area contributed by atoms with Gasteiger partial charge in [-0.05, 0) is 56.4 Å². The van der Waals surface area contributed by atoms with Crippen molar-refractivity contribution < 1.29 is 28.6 Å². The zero-order valence-electron chi connectivity index (χ0n) is 20.9. The van der Waals surface area contributed by atoms with Crippen molar-refractivity contribution in [1.82, 2.24) is 0 Å². The third kappa shape index (κ3) is 3.18. The fourth-order valence-corrected chi connectivity index (χ4v) is 8.56. The van der Waals surface area contributed by atoms with Crippen LogP contribution in [-0.4, -0.2) is 51.5 Å². The van der Waals surface area contributed by atoms with Crippen molar-refractivity contribution in [2.24, 2.45) is 28.6 Å². The summed E-state index contributed by atoms with van der Waals surface area (Å²) in [5, 5.41) is 11.5. The van der Waals surface area contributed by atoms with E-state index in [1.165, 1.54) is 23.9 Å². The number of rotatable bonds is 6. The van der Waals surface area contributed by atoms with Crippen LogP contribution in [0.15, 0.2) is 23.8 Å². The predicted octanol–water partition coefficient (Wildman–Crippen LogP) is 4.62. The molecule has 4 aliphatic carbocycles. The Labute approximate surface area is 206 Å². The molecular formula is C27H37FO5S. The van der Waals surface area contributed by atoms with Gasteiger partial charge in [0.05, 0.1) is 11.9 Å². The van der Waals surface area contributed by atoms with Crippen molar-refractivity contribution >= 4 is 29.3 Å². The average molecular weight is 493 g/mol. The fourth-order valence-electron chi connectivity index (χ4n) is 7.95. The van der Waals surface area contributed by atoms with Crippen molar-refractivity contribution in [2.75, 3.05) is 11.5 Å². The van der Waals surface area contributed by atoms with Gasteiger partial charge in [0.2, 0.25) is 0 Å². The number of halogens is 1. The van der Waals surface area contributed by atoms with E-state index >= 15 is 4.39 Å². The SMILES string of the molecule is CCSCC(=O)[C@@]1(OC(=O)CC)[C@@H](C)C[C@H]2[C@@H]3CCC4=CC(=O)C=C[C@]4(C)[C@@]3(F)[C@@H](O)C[C@@]21C. The molecule has 8 atom stereocenters. The van der Waals surface area contributed by atoms with E-state index in [0.717, 1.165) is 11.3 Å². The first-order valence-corrected chi connectivity index (χ1v) is 13.7. The van der Waals surface area contributed by atoms with Gasteiger partial charge in [-0.1, -0.05) is 39.3 Å². The summed E-state index contributed by atoms with van der Waals surface area (Å²) in [5.74, 6) is -0.785. The fraction of sp³-hybridized carbons (Fsp3) is 0.741. The summed E-state index contributed by atoms with van der Waals surface area (Å²) in [7, 11) is 0. The van der Waals surface area contributed by atoms with Crippen LogP contribution in [-0.2, 0) is 19.1 Å². The molecule has 4 rings (SSSR count). The van der Waals surface area contributed by atoms with E-state index in [-0.39, 0.29) is 42.0 Å². The standard InChI is InChI=1S/C27H37FO5S/c1-6-23(32)33-27(22(31)15-34-7-2)16(3)12-20-19-9-8-17-13-18(29)10-11-24(17,4)26(19,28)21(30)14-25(20,27)5/h10-11,13,16,19-21,30H,6-9,12,14-15H2,1-5H3/t16-,19-,20-,21-,24-,25-,26-,27-/m0/s1. The highest BCUT2D eigenvalue weighted by molar-refractivity contribution is 7.99. The van der Waals surface area contributed by atoms with Crippen molar-refractivity contribution in [2.45, 2.75) is 84.1 Å². The van der Waals surface area contributed by atoms with Crippen LogP contribution in [0.4, 0.5) is 4.39 Å². The Morgan fingerprint density at radius 1 is 1.26 bits per heavy atom. The van der Waals surface area contributed by atoms with E-state index in [1.807, 2.05) is 20.8 Å². The smallest absolute Gasteiger partial charge is 0.306 e. The van der Waals surface area contributed by atoms with Crippen LogP contribution in [0.5, 0.6) is 0 Å². The molecule has 34 heavy (non-hydrogen) atoms. The highest BCUT2D eigenvalue weighted by Crippen LogP contribution is 2.71. The van der Waals surface area contributed by atoms with Crippen LogP contribution in [0.3, 0.4) is 0 Å². The molecule has 0 aromatic heterocycles. The Balaban J connectivity index is 1.83. The topological polar surface area (TPSA) is 80.7 Å². The van der Waals surface area contributed by atoms with Gasteiger partial charge in [-0.3, -0.25) is 14.4 Å². The van der Waals surface area contributed by atoms with Crippen molar-refractivity contribution in [3.8, 4) is 0 Å². The third-order valence-electron chi connectivity index (χ3n) is 9.60. The lowest BCUT2D eigenvalue weighted by Gasteiger charge is -2.62. The number of carbonyl (C=O) groups is 3. The van der Waals surface area contributed by atoms with Crippen LogP contribution in [0, 0.1) is 28.6 Å². The number of carbonyl (C=O) groups excluding carboxylic acids is 3. The summed E-state index contributed by atoms with van der Waals surface area (Å²) < 4.78 is 23.4. The summed E-state index contributed by atoms with van der Waals surface area (Å²) in [5.41, 5.74) is -4.59. The lowest BCUT2D eigenvalue weighted by molar-refractivity contribution is -0.226. The van der Waals surface area contributed by atoms with Gasteiger partial charge >= 0.3 is 5.97 Å². The van der Waals surface area contributed by atoms with Crippen LogP contribution >= 0.6 is 11.8 Å². The molecule has 0 saturated heterocycles. The zero-order chi connectivity index (χ0) is 25.1. The maximum absolute atomic E-state index is 17.3. The van der Waals surface area contributed by atoms with Crippen LogP contribution in [0.25, 0.3) is 0 Å². The molecule has 4 aliphatic rings. The first kappa shape index (κ1) is 25.6. The first-order chi connectivity index (χ1) is 15.9. The number of ether oxygens (including phenoxy) is 1. The Hall–Kier alpha value is -1.47. The maximum Gasteiger partial charge on any atom is 0.306 e. The molecular weight excluding hydrogens is 455 g/mol.